The first-order valence-electron chi connectivity index (χ1n) is 7.85. The highest BCUT2D eigenvalue weighted by atomic mass is 16.2. The lowest BCUT2D eigenvalue weighted by molar-refractivity contribution is -0.123. The van der Waals surface area contributed by atoms with Gasteiger partial charge in [0.1, 0.15) is 0 Å². The van der Waals surface area contributed by atoms with Crippen LogP contribution in [0.4, 0.5) is 0 Å². The number of hydrogen-bond donors (Lipinski definition) is 2. The lowest BCUT2D eigenvalue weighted by Crippen LogP contribution is -2.47. The Labute approximate surface area is 134 Å². The van der Waals surface area contributed by atoms with E-state index < -0.39 is 0 Å². The minimum absolute atomic E-state index is 0.179. The van der Waals surface area contributed by atoms with Crippen molar-refractivity contribution < 1.29 is 9.59 Å². The number of benzene rings is 1. The van der Waals surface area contributed by atoms with E-state index in [9.17, 15) is 9.59 Å². The van der Waals surface area contributed by atoms with E-state index in [0.29, 0.717) is 5.56 Å². The van der Waals surface area contributed by atoms with Crippen molar-refractivity contribution in [3.05, 3.63) is 48.3 Å². The van der Waals surface area contributed by atoms with Gasteiger partial charge in [0.2, 0.25) is 5.91 Å². The highest BCUT2D eigenvalue weighted by molar-refractivity contribution is 5.95. The summed E-state index contributed by atoms with van der Waals surface area (Å²) in [6.45, 7) is 0. The zero-order chi connectivity index (χ0) is 16.2. The average Bonchev–Trinajstić information content (AvgIpc) is 3.10. The van der Waals surface area contributed by atoms with Crippen LogP contribution in [-0.4, -0.2) is 27.6 Å². The fraction of sp³-hybridized carbons (Fsp3) is 0.353. The van der Waals surface area contributed by atoms with Crippen molar-refractivity contribution >= 4 is 11.8 Å². The number of nitrogens with one attached hydrogen (secondary N) is 1. The van der Waals surface area contributed by atoms with E-state index in [1.165, 1.54) is 0 Å². The summed E-state index contributed by atoms with van der Waals surface area (Å²) in [7, 11) is 0. The standard InChI is InChI=1S/C17H20N4O2/c18-16(22)14-7-1-2-8-15(14)20-17(23)12-5-3-6-13(11-12)21-10-4-9-19-21/h3-6,9-11,14-15H,1-2,7-8H2,(H2,18,22)(H,20,23)/t14-,15-/m0/s1. The summed E-state index contributed by atoms with van der Waals surface area (Å²) in [5.41, 5.74) is 6.82. The molecule has 2 atom stereocenters. The molecule has 6 heteroatoms. The van der Waals surface area contributed by atoms with Gasteiger partial charge in [-0.15, -0.1) is 0 Å². The Morgan fingerprint density at radius 2 is 2.04 bits per heavy atom. The molecule has 1 saturated carbocycles. The molecule has 1 fully saturated rings. The van der Waals surface area contributed by atoms with E-state index in [-0.39, 0.29) is 23.8 Å². The maximum absolute atomic E-state index is 12.5. The Morgan fingerprint density at radius 3 is 2.78 bits per heavy atom. The quantitative estimate of drug-likeness (QED) is 0.899. The third-order valence-corrected chi connectivity index (χ3v) is 4.33. The smallest absolute Gasteiger partial charge is 0.251 e. The average molecular weight is 312 g/mol. The van der Waals surface area contributed by atoms with Gasteiger partial charge in [0, 0.05) is 24.0 Å². The zero-order valence-corrected chi connectivity index (χ0v) is 12.8. The molecule has 3 rings (SSSR count). The molecule has 1 aromatic heterocycles. The topological polar surface area (TPSA) is 90.0 Å². The van der Waals surface area contributed by atoms with Gasteiger partial charge >= 0.3 is 0 Å². The molecule has 6 nitrogen and oxygen atoms in total. The van der Waals surface area contributed by atoms with Gasteiger partial charge in [-0.1, -0.05) is 18.9 Å². The fourth-order valence-corrected chi connectivity index (χ4v) is 3.11. The van der Waals surface area contributed by atoms with Crippen LogP contribution in [0, 0.1) is 5.92 Å². The minimum atomic E-state index is -0.333. The van der Waals surface area contributed by atoms with Gasteiger partial charge in [-0.2, -0.15) is 5.10 Å². The number of rotatable bonds is 4. The molecular formula is C17H20N4O2. The monoisotopic (exact) mass is 312 g/mol. The lowest BCUT2D eigenvalue weighted by atomic mass is 9.84. The van der Waals surface area contributed by atoms with E-state index in [1.54, 1.807) is 23.0 Å². The first-order valence-corrected chi connectivity index (χ1v) is 7.85. The third kappa shape index (κ3) is 3.41. The first kappa shape index (κ1) is 15.3. The Morgan fingerprint density at radius 1 is 1.22 bits per heavy atom. The van der Waals surface area contributed by atoms with Gasteiger partial charge in [0.25, 0.3) is 5.91 Å². The molecule has 2 aromatic rings. The van der Waals surface area contributed by atoms with E-state index in [4.69, 9.17) is 5.73 Å². The Hall–Kier alpha value is -2.63. The summed E-state index contributed by atoms with van der Waals surface area (Å²) in [5, 5.41) is 7.13. The van der Waals surface area contributed by atoms with Crippen molar-refractivity contribution in [2.75, 3.05) is 0 Å². The highest BCUT2D eigenvalue weighted by Crippen LogP contribution is 2.24. The second-order valence-corrected chi connectivity index (χ2v) is 5.87. The van der Waals surface area contributed by atoms with Crippen molar-refractivity contribution in [3.63, 3.8) is 0 Å². The minimum Gasteiger partial charge on any atom is -0.369 e. The van der Waals surface area contributed by atoms with Gasteiger partial charge in [0.05, 0.1) is 11.6 Å². The second kappa shape index (κ2) is 6.64. The molecule has 0 radical (unpaired) electrons. The molecule has 1 aliphatic carbocycles. The van der Waals surface area contributed by atoms with Gasteiger partial charge in [0.15, 0.2) is 0 Å². The van der Waals surface area contributed by atoms with Crippen LogP contribution >= 0.6 is 0 Å². The number of primary amides is 1. The molecule has 0 saturated heterocycles. The number of aromatic nitrogens is 2. The molecule has 120 valence electrons. The summed E-state index contributed by atoms with van der Waals surface area (Å²) in [6.07, 6.45) is 7.02. The summed E-state index contributed by atoms with van der Waals surface area (Å²) in [4.78, 5) is 24.1. The second-order valence-electron chi connectivity index (χ2n) is 5.87. The predicted molar refractivity (Wildman–Crippen MR) is 86.0 cm³/mol. The summed E-state index contributed by atoms with van der Waals surface area (Å²) in [5.74, 6) is -0.792. The molecule has 0 aliphatic heterocycles. The van der Waals surface area contributed by atoms with Gasteiger partial charge in [-0.05, 0) is 37.1 Å². The molecule has 0 unspecified atom stereocenters. The maximum Gasteiger partial charge on any atom is 0.251 e. The van der Waals surface area contributed by atoms with Crippen molar-refractivity contribution in [1.82, 2.24) is 15.1 Å². The number of amides is 2. The Kier molecular flexibility index (Phi) is 4.41. The molecule has 0 bridgehead atoms. The van der Waals surface area contributed by atoms with Crippen LogP contribution in [0.2, 0.25) is 0 Å². The molecule has 23 heavy (non-hydrogen) atoms. The fourth-order valence-electron chi connectivity index (χ4n) is 3.11. The van der Waals surface area contributed by atoms with E-state index in [1.807, 2.05) is 24.4 Å². The van der Waals surface area contributed by atoms with Crippen LogP contribution in [0.15, 0.2) is 42.7 Å². The van der Waals surface area contributed by atoms with Gasteiger partial charge in [-0.3, -0.25) is 9.59 Å². The number of carbonyl (C=O) groups excluding carboxylic acids is 2. The molecule has 2 amide bonds. The number of nitrogens with zero attached hydrogens (tertiary/aromatic N) is 2. The van der Waals surface area contributed by atoms with Gasteiger partial charge < -0.3 is 11.1 Å². The van der Waals surface area contributed by atoms with Crippen LogP contribution in [0.3, 0.4) is 0 Å². The van der Waals surface area contributed by atoms with Crippen LogP contribution in [-0.2, 0) is 4.79 Å². The van der Waals surface area contributed by atoms with Crippen molar-refractivity contribution in [3.8, 4) is 5.69 Å². The maximum atomic E-state index is 12.5. The van der Waals surface area contributed by atoms with Crippen LogP contribution in [0.1, 0.15) is 36.0 Å². The summed E-state index contributed by atoms with van der Waals surface area (Å²) >= 11 is 0. The van der Waals surface area contributed by atoms with Crippen LogP contribution in [0.25, 0.3) is 5.69 Å². The normalized spacial score (nSPS) is 20.9. The van der Waals surface area contributed by atoms with Crippen molar-refractivity contribution in [1.29, 1.82) is 0 Å². The van der Waals surface area contributed by atoms with Crippen molar-refractivity contribution in [2.24, 2.45) is 11.7 Å². The van der Waals surface area contributed by atoms with Crippen LogP contribution in [0.5, 0.6) is 0 Å². The zero-order valence-electron chi connectivity index (χ0n) is 12.8. The highest BCUT2D eigenvalue weighted by Gasteiger charge is 2.30. The molecule has 1 heterocycles. The van der Waals surface area contributed by atoms with E-state index in [0.717, 1.165) is 31.4 Å². The lowest BCUT2D eigenvalue weighted by Gasteiger charge is -2.30. The number of hydrogen-bond acceptors (Lipinski definition) is 3. The first-order chi connectivity index (χ1) is 11.1. The van der Waals surface area contributed by atoms with Crippen LogP contribution < -0.4 is 11.1 Å². The third-order valence-electron chi connectivity index (χ3n) is 4.33. The molecule has 1 aliphatic rings. The summed E-state index contributed by atoms with van der Waals surface area (Å²) in [6, 6.07) is 8.89. The molecular weight excluding hydrogens is 292 g/mol. The summed E-state index contributed by atoms with van der Waals surface area (Å²) < 4.78 is 1.70. The molecule has 0 spiro atoms. The SMILES string of the molecule is NC(=O)[C@H]1CCCC[C@@H]1NC(=O)c1cccc(-n2cccn2)c1. The van der Waals surface area contributed by atoms with Gasteiger partial charge in [-0.25, -0.2) is 4.68 Å². The Bertz CT molecular complexity index is 696. The molecule has 1 aromatic carbocycles. The predicted octanol–water partition coefficient (Wildman–Crippen LogP) is 1.65. The molecule has 3 N–H and O–H groups in total. The largest absolute Gasteiger partial charge is 0.369 e. The van der Waals surface area contributed by atoms with E-state index >= 15 is 0 Å². The number of nitrogens with two attached hydrogens (primary N) is 1. The van der Waals surface area contributed by atoms with E-state index in [2.05, 4.69) is 10.4 Å². The Balaban J connectivity index is 1.75. The van der Waals surface area contributed by atoms with Crippen molar-refractivity contribution in [2.45, 2.75) is 31.7 Å². The number of carbonyl (C=O) groups is 2.